The molecule has 2 saturated heterocycles. The van der Waals surface area contributed by atoms with Crippen LogP contribution in [-0.4, -0.2) is 108 Å². The zero-order chi connectivity index (χ0) is 31.7. The first-order valence-electron chi connectivity index (χ1n) is 15.2. The third-order valence-corrected chi connectivity index (χ3v) is 10.4. The summed E-state index contributed by atoms with van der Waals surface area (Å²) in [5.41, 5.74) is 3.74. The second-order valence-electron chi connectivity index (χ2n) is 11.8. The van der Waals surface area contributed by atoms with Crippen molar-refractivity contribution < 1.29 is 17.9 Å². The van der Waals surface area contributed by atoms with E-state index in [2.05, 4.69) is 48.4 Å². The summed E-state index contributed by atoms with van der Waals surface area (Å²) in [4.78, 5) is 16.5. The van der Waals surface area contributed by atoms with Gasteiger partial charge < -0.3 is 29.9 Å². The molecule has 0 radical (unpaired) electrons. The molecule has 6 rings (SSSR count). The number of hydrogen-bond acceptors (Lipinski definition) is 11. The molecule has 14 heteroatoms. The smallest absolute Gasteiger partial charge is 0.232 e. The topological polar surface area (TPSA) is 115 Å². The third kappa shape index (κ3) is 6.71. The van der Waals surface area contributed by atoms with Gasteiger partial charge in [-0.15, -0.1) is 0 Å². The van der Waals surface area contributed by atoms with Crippen LogP contribution in [0.5, 0.6) is 11.5 Å². The summed E-state index contributed by atoms with van der Waals surface area (Å²) in [5, 5.41) is 6.78. The summed E-state index contributed by atoms with van der Waals surface area (Å²) in [6, 6.07) is 10.3. The van der Waals surface area contributed by atoms with Crippen LogP contribution in [0.25, 0.3) is 0 Å². The first-order valence-corrected chi connectivity index (χ1v) is 17.5. The summed E-state index contributed by atoms with van der Waals surface area (Å²) in [6.45, 7) is 6.94. The van der Waals surface area contributed by atoms with Crippen molar-refractivity contribution in [2.24, 2.45) is 0 Å². The van der Waals surface area contributed by atoms with Crippen LogP contribution in [0, 0.1) is 0 Å². The number of ether oxygens (including phenoxy) is 2. The maximum Gasteiger partial charge on any atom is 0.232 e. The number of anilines is 6. The second-order valence-corrected chi connectivity index (χ2v) is 14.1. The number of rotatable bonds is 9. The van der Waals surface area contributed by atoms with E-state index in [1.165, 1.54) is 16.8 Å². The number of methoxy groups -OCH3 is 2. The molecule has 2 N–H and O–H groups in total. The highest BCUT2D eigenvalue weighted by atomic mass is 35.5. The van der Waals surface area contributed by atoms with Gasteiger partial charge in [-0.3, -0.25) is 9.21 Å². The van der Waals surface area contributed by atoms with Gasteiger partial charge in [0.15, 0.2) is 5.82 Å². The number of nitrogens with zero attached hydrogens (tertiary/aromatic N) is 6. The Hall–Kier alpha value is -3.52. The molecule has 0 unspecified atom stereocenters. The molecule has 4 heterocycles. The van der Waals surface area contributed by atoms with Crippen LogP contribution >= 0.6 is 11.6 Å². The van der Waals surface area contributed by atoms with Crippen molar-refractivity contribution in [3.63, 3.8) is 0 Å². The third-order valence-electron chi connectivity index (χ3n) is 8.99. The van der Waals surface area contributed by atoms with E-state index < -0.39 is 10.0 Å². The number of hydrogen-bond donors (Lipinski definition) is 2. The van der Waals surface area contributed by atoms with Gasteiger partial charge in [0.1, 0.15) is 16.5 Å². The Labute approximate surface area is 270 Å². The predicted octanol–water partition coefficient (Wildman–Crippen LogP) is 4.17. The molecule has 3 aliphatic rings. The summed E-state index contributed by atoms with van der Waals surface area (Å²) >= 11 is 6.51. The summed E-state index contributed by atoms with van der Waals surface area (Å²) in [6.07, 6.45) is 5.54. The van der Waals surface area contributed by atoms with Crippen molar-refractivity contribution in [2.75, 3.05) is 93.2 Å². The molecule has 2 fully saturated rings. The van der Waals surface area contributed by atoms with Crippen molar-refractivity contribution >= 4 is 56.1 Å². The number of benzene rings is 2. The molecule has 0 bridgehead atoms. The van der Waals surface area contributed by atoms with Crippen molar-refractivity contribution in [3.8, 4) is 11.5 Å². The van der Waals surface area contributed by atoms with E-state index in [0.29, 0.717) is 53.6 Å². The minimum atomic E-state index is -3.51. The van der Waals surface area contributed by atoms with E-state index in [0.717, 1.165) is 69.0 Å². The maximum absolute atomic E-state index is 12.6. The van der Waals surface area contributed by atoms with Crippen molar-refractivity contribution in [3.05, 3.63) is 47.1 Å². The summed E-state index contributed by atoms with van der Waals surface area (Å²) in [5.74, 6) is 1.96. The molecule has 12 nitrogen and oxygen atoms in total. The highest BCUT2D eigenvalue weighted by Gasteiger charge is 2.32. The Kier molecular flexibility index (Phi) is 9.14. The van der Waals surface area contributed by atoms with E-state index in [1.54, 1.807) is 20.3 Å². The van der Waals surface area contributed by atoms with Crippen molar-refractivity contribution in [2.45, 2.75) is 25.3 Å². The van der Waals surface area contributed by atoms with Gasteiger partial charge in [-0.1, -0.05) is 11.6 Å². The standard InChI is InChI=1S/C31H41ClN8O4S/c1-37-15-17-39(18-16-37)21-9-12-38(13-10-21)22-5-6-25(28(19-22)44-3)35-31-33-20-24(32)30(36-31)34-26-7-8-27(43-2)23-11-14-40(29(23)26)45(4,41)42/h5-8,19-21H,9-18H2,1-4H3,(H2,33,34,35,36). The van der Waals surface area contributed by atoms with Gasteiger partial charge in [-0.25, -0.2) is 13.4 Å². The SMILES string of the molecule is COc1cc(N2CCC(N3CCN(C)CC3)CC2)ccc1Nc1ncc(Cl)c(Nc2ccc(OC)c3c2N(S(C)(=O)=O)CC3)n1. The summed E-state index contributed by atoms with van der Waals surface area (Å²) in [7, 11) is 1.92. The lowest BCUT2D eigenvalue weighted by Gasteiger charge is -2.42. The molecule has 0 atom stereocenters. The van der Waals surface area contributed by atoms with Crippen LogP contribution in [-0.2, 0) is 16.4 Å². The lowest BCUT2D eigenvalue weighted by atomic mass is 10.0. The van der Waals surface area contributed by atoms with Crippen LogP contribution < -0.4 is 29.3 Å². The fourth-order valence-corrected chi connectivity index (χ4v) is 7.61. The Morgan fingerprint density at radius 1 is 0.911 bits per heavy atom. The minimum absolute atomic E-state index is 0.288. The Bertz CT molecular complexity index is 1640. The fourth-order valence-electron chi connectivity index (χ4n) is 6.51. The molecule has 0 saturated carbocycles. The summed E-state index contributed by atoms with van der Waals surface area (Å²) < 4.78 is 37.8. The molecule has 2 aromatic carbocycles. The predicted molar refractivity (Wildman–Crippen MR) is 180 cm³/mol. The van der Waals surface area contributed by atoms with Crippen LogP contribution in [0.4, 0.5) is 34.5 Å². The first kappa shape index (κ1) is 31.5. The number of likely N-dealkylation sites (N-methyl/N-ethyl adjacent to an activating group) is 1. The molecule has 45 heavy (non-hydrogen) atoms. The monoisotopic (exact) mass is 656 g/mol. The molecule has 242 valence electrons. The van der Waals surface area contributed by atoms with E-state index in [4.69, 9.17) is 21.1 Å². The van der Waals surface area contributed by atoms with E-state index in [-0.39, 0.29) is 5.02 Å². The number of nitrogens with one attached hydrogen (secondary N) is 2. The van der Waals surface area contributed by atoms with E-state index >= 15 is 0 Å². The normalized spacial score (nSPS) is 18.2. The lowest BCUT2D eigenvalue weighted by molar-refractivity contribution is 0.0982. The molecule has 1 aromatic heterocycles. The number of halogens is 1. The average molecular weight is 657 g/mol. The van der Waals surface area contributed by atoms with Crippen molar-refractivity contribution in [1.29, 1.82) is 0 Å². The van der Waals surface area contributed by atoms with Crippen LogP contribution in [0.3, 0.4) is 0 Å². The highest BCUT2D eigenvalue weighted by molar-refractivity contribution is 7.92. The molecule has 0 spiro atoms. The van der Waals surface area contributed by atoms with E-state index in [9.17, 15) is 8.42 Å². The van der Waals surface area contributed by atoms with Gasteiger partial charge in [0.2, 0.25) is 16.0 Å². The highest BCUT2D eigenvalue weighted by Crippen LogP contribution is 2.44. The van der Waals surface area contributed by atoms with Crippen molar-refractivity contribution in [1.82, 2.24) is 19.8 Å². The Morgan fingerprint density at radius 3 is 2.31 bits per heavy atom. The molecular formula is C31H41ClN8O4S. The second kappa shape index (κ2) is 13.1. The zero-order valence-electron chi connectivity index (χ0n) is 26.2. The lowest BCUT2D eigenvalue weighted by Crippen LogP contribution is -2.52. The van der Waals surface area contributed by atoms with Gasteiger partial charge in [0, 0.05) is 69.2 Å². The van der Waals surface area contributed by atoms with Gasteiger partial charge in [0.25, 0.3) is 0 Å². The molecule has 0 amide bonds. The van der Waals surface area contributed by atoms with Crippen LogP contribution in [0.15, 0.2) is 36.5 Å². The first-order chi connectivity index (χ1) is 21.6. The molecule has 3 aliphatic heterocycles. The number of sulfonamides is 1. The Balaban J connectivity index is 1.17. The van der Waals surface area contributed by atoms with Crippen LogP contribution in [0.1, 0.15) is 18.4 Å². The number of piperazine rings is 1. The largest absolute Gasteiger partial charge is 0.496 e. The van der Waals surface area contributed by atoms with Crippen LogP contribution in [0.2, 0.25) is 5.02 Å². The quantitative estimate of drug-likeness (QED) is 0.346. The van der Waals surface area contributed by atoms with Gasteiger partial charge >= 0.3 is 0 Å². The molecular weight excluding hydrogens is 616 g/mol. The number of piperidine rings is 1. The van der Waals surface area contributed by atoms with E-state index in [1.807, 2.05) is 18.2 Å². The van der Waals surface area contributed by atoms with Gasteiger partial charge in [-0.05, 0) is 50.6 Å². The average Bonchev–Trinajstić information content (AvgIpc) is 3.50. The molecule has 3 aromatic rings. The Morgan fingerprint density at radius 2 is 1.62 bits per heavy atom. The fraction of sp³-hybridized carbons (Fsp3) is 0.484. The number of fused-ring (bicyclic) bond motifs is 1. The zero-order valence-corrected chi connectivity index (χ0v) is 27.8. The molecule has 0 aliphatic carbocycles. The van der Waals surface area contributed by atoms with Gasteiger partial charge in [-0.2, -0.15) is 4.98 Å². The maximum atomic E-state index is 12.6. The minimum Gasteiger partial charge on any atom is -0.496 e. The number of aromatic nitrogens is 2. The van der Waals surface area contributed by atoms with Gasteiger partial charge in [0.05, 0.1) is 43.7 Å².